The Labute approximate surface area is 487 Å². The first-order valence-corrected chi connectivity index (χ1v) is 28.9. The number of aliphatic hydroxyl groups excluding tert-OH is 6. The lowest BCUT2D eigenvalue weighted by Crippen LogP contribution is -2.62. The smallest absolute Gasteiger partial charge is 0.446 e. The maximum Gasteiger partial charge on any atom is 0.446 e. The summed E-state index contributed by atoms with van der Waals surface area (Å²) in [5.41, 5.74) is -0.854. The van der Waals surface area contributed by atoms with Crippen molar-refractivity contribution in [2.45, 2.75) is 193 Å². The number of carbonyl (C=O) groups is 8. The van der Waals surface area contributed by atoms with Gasteiger partial charge in [0.05, 0.1) is 55.1 Å². The van der Waals surface area contributed by atoms with E-state index in [2.05, 4.69) is 41.4 Å². The lowest BCUT2D eigenvalue weighted by Gasteiger charge is -2.44. The van der Waals surface area contributed by atoms with Crippen molar-refractivity contribution in [1.82, 2.24) is 37.2 Å². The molecule has 472 valence electrons. The number of phenolic OH excluding ortho intramolecular Hbond substituents is 1. The number of nitrogens with one attached hydrogen (secondary N) is 7. The molecule has 7 amide bonds. The average molecular weight is 1230 g/mol. The maximum absolute atomic E-state index is 14.4. The van der Waals surface area contributed by atoms with Crippen LogP contribution in [0.2, 0.25) is 5.02 Å². The van der Waals surface area contributed by atoms with E-state index in [9.17, 15) is 87.1 Å². The maximum atomic E-state index is 14.4. The standard InChI is InChI=1S/C52H84ClN7O22S/c1-13-21(3)37-48(72)54-18-35(66)55-26(8)38(49(73)60-40(51(75)58-37)30-16-32(82-83(76,77)78)24(6)42(68)36(30)53)59-47(71)27(9)56-50(74)39(28(10)62)57-34(65)17-31(64)22(4)14-20(2)15-23(5)41(67)25(7)45(29(11)63)81-52-44(70)43(69)46(79-12)33(19-61)80-52/h16,20-23,25-29,33,37-41,43-46,52,61-63,67-70H,13-15,17-19H2,1-12H3,(H,54,72)(H,55,66)(H,56,74)(H,57,65)(H,58,75)(H,59,71)(H,60,73)(H,76,77,78). The number of aromatic hydroxyl groups is 1. The Morgan fingerprint density at radius 1 is 0.880 bits per heavy atom. The summed E-state index contributed by atoms with van der Waals surface area (Å²) in [6.45, 7) is 14.9. The molecule has 0 radical (unpaired) electrons. The molecule has 1 aromatic rings. The summed E-state index contributed by atoms with van der Waals surface area (Å²) < 4.78 is 54.3. The van der Waals surface area contributed by atoms with Crippen LogP contribution in [-0.2, 0) is 63.0 Å². The summed E-state index contributed by atoms with van der Waals surface area (Å²) in [6.07, 6.45) is -11.6. The number of phenols is 1. The van der Waals surface area contributed by atoms with E-state index >= 15 is 0 Å². The predicted molar refractivity (Wildman–Crippen MR) is 293 cm³/mol. The minimum absolute atomic E-state index is 0.227. The molecule has 0 saturated carbocycles. The predicted octanol–water partition coefficient (Wildman–Crippen LogP) is -2.42. The molecule has 29 nitrogen and oxygen atoms in total. The summed E-state index contributed by atoms with van der Waals surface area (Å²) in [5, 5.41) is 90.7. The van der Waals surface area contributed by atoms with E-state index < -0.39 is 214 Å². The number of ether oxygens (including phenoxy) is 3. The number of hydrogen-bond acceptors (Lipinski definition) is 21. The second-order valence-electron chi connectivity index (χ2n) is 21.8. The SMILES string of the molecule is CCC(C)C1NC(=O)C(c2cc(OS(=O)(=O)O)c(C)c(O)c2Cl)NC(=O)C(NC(=O)C(C)NC(=O)C(NC(=O)CC(=O)C(C)CC(C)CC(C)C(O)C(C)C(OC2OC(CO)C(OC)C(O)C2O)C(C)O)C(C)O)C(C)NC(=O)CNC1=O. The van der Waals surface area contributed by atoms with Gasteiger partial charge in [-0.2, -0.15) is 8.42 Å². The van der Waals surface area contributed by atoms with Gasteiger partial charge in [-0.15, -0.1) is 0 Å². The molecular formula is C52H84ClN7O22S. The number of carbonyl (C=O) groups excluding carboxylic acids is 8. The Balaban J connectivity index is 1.75. The van der Waals surface area contributed by atoms with Crippen molar-refractivity contribution in [3.05, 3.63) is 22.2 Å². The number of methoxy groups -OCH3 is 1. The van der Waals surface area contributed by atoms with Gasteiger partial charge in [-0.25, -0.2) is 0 Å². The number of aliphatic hydroxyl groups is 6. The molecule has 15 N–H and O–H groups in total. The molecule has 2 aliphatic rings. The number of benzene rings is 1. The zero-order valence-electron chi connectivity index (χ0n) is 48.4. The van der Waals surface area contributed by atoms with Crippen molar-refractivity contribution in [2.75, 3.05) is 20.3 Å². The van der Waals surface area contributed by atoms with Crippen LogP contribution in [0.5, 0.6) is 11.5 Å². The fraction of sp³-hybridized carbons (Fsp3) is 0.731. The summed E-state index contributed by atoms with van der Waals surface area (Å²) in [5.74, 6) is -12.2. The second kappa shape index (κ2) is 31.7. The molecule has 0 aromatic heterocycles. The topological polar surface area (TPSA) is 454 Å². The largest absolute Gasteiger partial charge is 0.506 e. The van der Waals surface area contributed by atoms with Gasteiger partial charge in [-0.3, -0.25) is 42.9 Å². The highest BCUT2D eigenvalue weighted by atomic mass is 35.5. The first-order chi connectivity index (χ1) is 38.5. The number of hydrogen-bond donors (Lipinski definition) is 15. The van der Waals surface area contributed by atoms with Crippen LogP contribution in [0.3, 0.4) is 0 Å². The fourth-order valence-corrected chi connectivity index (χ4v) is 10.6. The van der Waals surface area contributed by atoms with Gasteiger partial charge in [0.1, 0.15) is 66.2 Å². The first-order valence-electron chi connectivity index (χ1n) is 27.1. The number of amides is 7. The zero-order valence-corrected chi connectivity index (χ0v) is 50.0. The summed E-state index contributed by atoms with van der Waals surface area (Å²) in [7, 11) is -3.99. The molecule has 20 atom stereocenters. The summed E-state index contributed by atoms with van der Waals surface area (Å²) >= 11 is 6.48. The van der Waals surface area contributed by atoms with Crippen LogP contribution >= 0.6 is 11.6 Å². The minimum Gasteiger partial charge on any atom is -0.506 e. The average Bonchev–Trinajstić information content (AvgIpc) is 3.65. The molecule has 2 fully saturated rings. The minimum atomic E-state index is -5.26. The lowest BCUT2D eigenvalue weighted by atomic mass is 9.80. The van der Waals surface area contributed by atoms with E-state index in [-0.39, 0.29) is 17.9 Å². The Hall–Kier alpha value is -5.38. The van der Waals surface area contributed by atoms with Gasteiger partial charge in [0.25, 0.3) is 0 Å². The molecule has 2 saturated heterocycles. The molecule has 2 aliphatic heterocycles. The molecule has 0 aliphatic carbocycles. The van der Waals surface area contributed by atoms with Crippen LogP contribution in [0.4, 0.5) is 0 Å². The Morgan fingerprint density at radius 2 is 1.51 bits per heavy atom. The van der Waals surface area contributed by atoms with Crippen LogP contribution < -0.4 is 41.4 Å². The van der Waals surface area contributed by atoms with E-state index in [1.165, 1.54) is 21.0 Å². The molecule has 2 heterocycles. The van der Waals surface area contributed by atoms with Crippen LogP contribution in [0.15, 0.2) is 6.07 Å². The van der Waals surface area contributed by atoms with Crippen molar-refractivity contribution in [3.8, 4) is 11.5 Å². The van der Waals surface area contributed by atoms with E-state index in [0.29, 0.717) is 12.8 Å². The van der Waals surface area contributed by atoms with Crippen LogP contribution in [0.1, 0.15) is 112 Å². The van der Waals surface area contributed by atoms with Gasteiger partial charge >= 0.3 is 10.4 Å². The molecule has 0 spiro atoms. The Bertz CT molecular complexity index is 2560. The van der Waals surface area contributed by atoms with Crippen molar-refractivity contribution in [3.63, 3.8) is 0 Å². The van der Waals surface area contributed by atoms with Gasteiger partial charge in [-0.1, -0.05) is 59.6 Å². The number of halogens is 1. The third-order valence-electron chi connectivity index (χ3n) is 15.0. The Kier molecular flexibility index (Phi) is 27.4. The monoisotopic (exact) mass is 1230 g/mol. The fourth-order valence-electron chi connectivity index (χ4n) is 9.89. The van der Waals surface area contributed by atoms with E-state index in [1.54, 1.807) is 34.6 Å². The van der Waals surface area contributed by atoms with Crippen LogP contribution in [-0.4, -0.2) is 201 Å². The quantitative estimate of drug-likeness (QED) is 0.0339. The third-order valence-corrected chi connectivity index (χ3v) is 15.7. The second-order valence-corrected chi connectivity index (χ2v) is 23.2. The van der Waals surface area contributed by atoms with E-state index in [1.807, 2.05) is 6.92 Å². The molecule has 3 rings (SSSR count). The van der Waals surface area contributed by atoms with Gasteiger partial charge in [0, 0.05) is 30.1 Å². The van der Waals surface area contributed by atoms with E-state index in [4.69, 9.17) is 25.8 Å². The molecule has 1 aromatic carbocycles. The number of rotatable bonds is 26. The number of Topliss-reactive ketones (excluding diaryl/α,β-unsaturated/α-hetero) is 1. The lowest BCUT2D eigenvalue weighted by molar-refractivity contribution is -0.325. The summed E-state index contributed by atoms with van der Waals surface area (Å²) in [4.78, 5) is 109. The molecule has 20 unspecified atom stereocenters. The van der Waals surface area contributed by atoms with Gasteiger partial charge < -0.3 is 91.4 Å². The summed E-state index contributed by atoms with van der Waals surface area (Å²) in [6, 6.07) is -9.16. The van der Waals surface area contributed by atoms with Crippen molar-refractivity contribution in [1.29, 1.82) is 0 Å². The highest BCUT2D eigenvalue weighted by molar-refractivity contribution is 7.81. The number of ketones is 1. The molecule has 0 bridgehead atoms. The van der Waals surface area contributed by atoms with Crippen LogP contribution in [0.25, 0.3) is 0 Å². The van der Waals surface area contributed by atoms with Crippen molar-refractivity contribution >= 4 is 69.1 Å². The van der Waals surface area contributed by atoms with Gasteiger partial charge in [0.15, 0.2) is 12.0 Å². The van der Waals surface area contributed by atoms with Crippen LogP contribution in [0, 0.1) is 36.5 Å². The molecule has 31 heteroatoms. The van der Waals surface area contributed by atoms with Gasteiger partial charge in [-0.05, 0) is 71.3 Å². The van der Waals surface area contributed by atoms with Crippen molar-refractivity contribution in [2.24, 2.45) is 29.6 Å². The Morgan fingerprint density at radius 3 is 2.06 bits per heavy atom. The van der Waals surface area contributed by atoms with Gasteiger partial charge in [0.2, 0.25) is 41.4 Å². The third kappa shape index (κ3) is 19.8. The highest BCUT2D eigenvalue weighted by Gasteiger charge is 2.48. The molecule has 83 heavy (non-hydrogen) atoms. The highest BCUT2D eigenvalue weighted by Crippen LogP contribution is 2.41. The van der Waals surface area contributed by atoms with Crippen molar-refractivity contribution < 1.29 is 105 Å². The molecular weight excluding hydrogens is 1140 g/mol. The normalized spacial score (nSPS) is 27.0. The van der Waals surface area contributed by atoms with E-state index in [0.717, 1.165) is 26.8 Å². The first kappa shape index (κ1) is 71.9. The zero-order chi connectivity index (χ0) is 63.3.